The van der Waals surface area contributed by atoms with Crippen LogP contribution in [0.15, 0.2) is 60.7 Å². The zero-order valence-corrected chi connectivity index (χ0v) is 18.4. The number of ether oxygens (including phenoxy) is 2. The number of nitrogens with one attached hydrogen (secondary N) is 1. The summed E-state index contributed by atoms with van der Waals surface area (Å²) in [5.41, 5.74) is 2.14. The Labute approximate surface area is 198 Å². The highest BCUT2D eigenvalue weighted by atomic mass is 16.6. The molecule has 1 aliphatic heterocycles. The van der Waals surface area contributed by atoms with Crippen molar-refractivity contribution < 1.29 is 33.6 Å². The molecule has 3 aromatic carbocycles. The lowest BCUT2D eigenvalue weighted by atomic mass is 9.99. The van der Waals surface area contributed by atoms with Crippen LogP contribution in [0.1, 0.15) is 47.0 Å². The molecule has 0 radical (unpaired) electrons. The zero-order valence-electron chi connectivity index (χ0n) is 18.4. The monoisotopic (exact) mass is 475 g/mol. The van der Waals surface area contributed by atoms with E-state index in [0.717, 1.165) is 6.07 Å². The lowest BCUT2D eigenvalue weighted by Crippen LogP contribution is -2.45. The maximum atomic E-state index is 12.9. The number of rotatable bonds is 7. The van der Waals surface area contributed by atoms with Gasteiger partial charge in [0.25, 0.3) is 23.4 Å². The Morgan fingerprint density at radius 1 is 0.829 bits per heavy atom. The molecule has 0 aliphatic carbocycles. The molecule has 3 aromatic rings. The summed E-state index contributed by atoms with van der Waals surface area (Å²) in [6.45, 7) is 0. The minimum atomic E-state index is -0.826. The molecule has 0 saturated heterocycles. The molecule has 11 heteroatoms. The van der Waals surface area contributed by atoms with Crippen LogP contribution < -0.4 is 14.9 Å². The number of amides is 3. The van der Waals surface area contributed by atoms with E-state index in [-0.39, 0.29) is 39.3 Å². The largest absolute Gasteiger partial charge is 0.493 e. The molecule has 0 saturated carbocycles. The third-order valence-electron chi connectivity index (χ3n) is 5.33. The van der Waals surface area contributed by atoms with Crippen molar-refractivity contribution in [3.05, 3.63) is 98.6 Å². The molecule has 1 heterocycles. The van der Waals surface area contributed by atoms with Gasteiger partial charge in [-0.3, -0.25) is 34.7 Å². The molecule has 0 unspecified atom stereocenters. The zero-order chi connectivity index (χ0) is 25.3. The van der Waals surface area contributed by atoms with E-state index in [2.05, 4.69) is 5.43 Å². The molecule has 11 nitrogen and oxygen atoms in total. The van der Waals surface area contributed by atoms with E-state index in [1.165, 1.54) is 68.8 Å². The van der Waals surface area contributed by atoms with Gasteiger partial charge in [-0.25, -0.2) is 0 Å². The van der Waals surface area contributed by atoms with E-state index in [4.69, 9.17) is 9.47 Å². The van der Waals surface area contributed by atoms with Gasteiger partial charge in [0.1, 0.15) is 0 Å². The normalized spacial score (nSPS) is 12.2. The number of hydrogen-bond donors (Lipinski definition) is 1. The number of hydrazine groups is 1. The standard InChI is InChI=1S/C24H17N3O8/c1-34-19-9-7-15(12-20(19)35-2)22(29)25-26-23(30)17-8-6-14(11-18(17)24(26)31)21(28)13-4-3-5-16(10-13)27(32)33/h3-12H,1-2H3,(H,25,29). The van der Waals surface area contributed by atoms with Crippen LogP contribution in [-0.4, -0.2) is 47.7 Å². The minimum absolute atomic E-state index is 0.00166. The van der Waals surface area contributed by atoms with Crippen LogP contribution in [0.25, 0.3) is 0 Å². The molecule has 35 heavy (non-hydrogen) atoms. The summed E-state index contributed by atoms with van der Waals surface area (Å²) in [6, 6.07) is 13.3. The van der Waals surface area contributed by atoms with Crippen LogP contribution in [0, 0.1) is 10.1 Å². The molecule has 3 amide bonds. The van der Waals surface area contributed by atoms with E-state index in [0.29, 0.717) is 10.8 Å². The van der Waals surface area contributed by atoms with Crippen LogP contribution in [0.4, 0.5) is 5.69 Å². The summed E-state index contributed by atoms with van der Waals surface area (Å²) >= 11 is 0. The molecule has 0 atom stereocenters. The Bertz CT molecular complexity index is 1420. The van der Waals surface area contributed by atoms with Gasteiger partial charge in [0, 0.05) is 28.8 Å². The van der Waals surface area contributed by atoms with Gasteiger partial charge in [-0.05, 0) is 30.3 Å². The van der Waals surface area contributed by atoms with Gasteiger partial charge < -0.3 is 9.47 Å². The Morgan fingerprint density at radius 3 is 2.17 bits per heavy atom. The number of carbonyl (C=O) groups is 4. The number of non-ortho nitro benzene ring substituents is 1. The van der Waals surface area contributed by atoms with E-state index >= 15 is 0 Å². The average Bonchev–Trinajstić information content (AvgIpc) is 3.11. The van der Waals surface area contributed by atoms with Crippen molar-refractivity contribution in [2.75, 3.05) is 14.2 Å². The van der Waals surface area contributed by atoms with Gasteiger partial charge in [0.05, 0.1) is 30.3 Å². The molecule has 1 aliphatic rings. The molecule has 176 valence electrons. The number of imide groups is 1. The summed E-state index contributed by atoms with van der Waals surface area (Å²) in [7, 11) is 2.84. The summed E-state index contributed by atoms with van der Waals surface area (Å²) in [5, 5.41) is 11.6. The van der Waals surface area contributed by atoms with Crippen molar-refractivity contribution in [2.24, 2.45) is 0 Å². The molecule has 4 rings (SSSR count). The number of benzene rings is 3. The molecule has 0 spiro atoms. The average molecular weight is 475 g/mol. The number of hydrogen-bond acceptors (Lipinski definition) is 8. The van der Waals surface area contributed by atoms with Crippen molar-refractivity contribution >= 4 is 29.2 Å². The maximum absolute atomic E-state index is 12.9. The number of fused-ring (bicyclic) bond motifs is 1. The summed E-state index contributed by atoms with van der Waals surface area (Å²) in [5.74, 6) is -2.23. The second-order valence-electron chi connectivity index (χ2n) is 7.35. The summed E-state index contributed by atoms with van der Waals surface area (Å²) in [6.07, 6.45) is 0. The molecular weight excluding hydrogens is 458 g/mol. The Balaban J connectivity index is 1.58. The van der Waals surface area contributed by atoms with Gasteiger partial charge in [-0.1, -0.05) is 18.2 Å². The molecule has 0 fully saturated rings. The third-order valence-corrected chi connectivity index (χ3v) is 5.33. The third kappa shape index (κ3) is 4.17. The first-order valence-electron chi connectivity index (χ1n) is 10.1. The van der Waals surface area contributed by atoms with Gasteiger partial charge in [-0.15, -0.1) is 0 Å². The van der Waals surface area contributed by atoms with E-state index in [1.807, 2.05) is 0 Å². The second-order valence-corrected chi connectivity index (χ2v) is 7.35. The number of carbonyl (C=O) groups excluding carboxylic acids is 4. The number of ketones is 1. The van der Waals surface area contributed by atoms with Gasteiger partial charge in [0.2, 0.25) is 0 Å². The van der Waals surface area contributed by atoms with Crippen molar-refractivity contribution in [1.29, 1.82) is 0 Å². The summed E-state index contributed by atoms with van der Waals surface area (Å²) in [4.78, 5) is 61.6. The topological polar surface area (TPSA) is 145 Å². The van der Waals surface area contributed by atoms with E-state index < -0.39 is 28.4 Å². The second kappa shape index (κ2) is 9.06. The molecular formula is C24H17N3O8. The van der Waals surface area contributed by atoms with E-state index in [1.54, 1.807) is 0 Å². The molecule has 1 N–H and O–H groups in total. The van der Waals surface area contributed by atoms with Crippen molar-refractivity contribution in [2.45, 2.75) is 0 Å². The highest BCUT2D eigenvalue weighted by Crippen LogP contribution is 2.28. The van der Waals surface area contributed by atoms with Gasteiger partial charge >= 0.3 is 0 Å². The highest BCUT2D eigenvalue weighted by Gasteiger charge is 2.37. The van der Waals surface area contributed by atoms with Crippen LogP contribution >= 0.6 is 0 Å². The lowest BCUT2D eigenvalue weighted by molar-refractivity contribution is -0.384. The fourth-order valence-electron chi connectivity index (χ4n) is 3.55. The lowest BCUT2D eigenvalue weighted by Gasteiger charge is -2.15. The van der Waals surface area contributed by atoms with Gasteiger partial charge in [-0.2, -0.15) is 5.01 Å². The first kappa shape index (κ1) is 23.1. The Morgan fingerprint density at radius 2 is 1.49 bits per heavy atom. The van der Waals surface area contributed by atoms with Crippen molar-refractivity contribution in [3.63, 3.8) is 0 Å². The van der Waals surface area contributed by atoms with Crippen LogP contribution in [0.5, 0.6) is 11.5 Å². The van der Waals surface area contributed by atoms with E-state index in [9.17, 15) is 29.3 Å². The predicted octanol–water partition coefficient (Wildman–Crippen LogP) is 2.78. The van der Waals surface area contributed by atoms with Crippen LogP contribution in [0.2, 0.25) is 0 Å². The Hall–Kier alpha value is -5.06. The van der Waals surface area contributed by atoms with Crippen LogP contribution in [0.3, 0.4) is 0 Å². The number of methoxy groups -OCH3 is 2. The smallest absolute Gasteiger partial charge is 0.280 e. The molecule has 0 bridgehead atoms. The van der Waals surface area contributed by atoms with Gasteiger partial charge in [0.15, 0.2) is 17.3 Å². The van der Waals surface area contributed by atoms with Crippen molar-refractivity contribution in [1.82, 2.24) is 10.4 Å². The van der Waals surface area contributed by atoms with Crippen molar-refractivity contribution in [3.8, 4) is 11.5 Å². The minimum Gasteiger partial charge on any atom is -0.493 e. The number of nitro benzene ring substituents is 1. The fourth-order valence-corrected chi connectivity index (χ4v) is 3.55. The maximum Gasteiger partial charge on any atom is 0.280 e. The van der Waals surface area contributed by atoms with Crippen LogP contribution in [-0.2, 0) is 0 Å². The number of nitro groups is 1. The first-order valence-corrected chi connectivity index (χ1v) is 10.1. The summed E-state index contributed by atoms with van der Waals surface area (Å²) < 4.78 is 10.3. The number of nitrogens with zero attached hydrogens (tertiary/aromatic N) is 2. The first-order chi connectivity index (χ1) is 16.7. The SMILES string of the molecule is COc1ccc(C(=O)NN2C(=O)c3ccc(C(=O)c4cccc([N+](=O)[O-])c4)cc3C2=O)cc1OC. The predicted molar refractivity (Wildman–Crippen MR) is 120 cm³/mol. The quantitative estimate of drug-likeness (QED) is 0.238. The fraction of sp³-hybridized carbons (Fsp3) is 0.0833. The highest BCUT2D eigenvalue weighted by molar-refractivity contribution is 6.23. The molecule has 0 aromatic heterocycles. The Kier molecular flexibility index (Phi) is 5.98.